The summed E-state index contributed by atoms with van der Waals surface area (Å²) in [5.41, 5.74) is 2.95. The smallest absolute Gasteiger partial charge is 0.163 e. The van der Waals surface area contributed by atoms with E-state index in [4.69, 9.17) is 5.26 Å². The molecule has 0 saturated heterocycles. The van der Waals surface area contributed by atoms with E-state index >= 15 is 0 Å². The zero-order valence-electron chi connectivity index (χ0n) is 13.4. The summed E-state index contributed by atoms with van der Waals surface area (Å²) in [5.74, 6) is -1.39. The molecule has 0 radical (unpaired) electrons. The monoisotopic (exact) mass is 347 g/mol. The molecule has 0 fully saturated rings. The van der Waals surface area contributed by atoms with Crippen LogP contribution >= 0.6 is 0 Å². The second-order valence-electron chi connectivity index (χ2n) is 5.62. The minimum atomic E-state index is -0.728. The number of halogens is 2. The molecule has 0 aliphatic carbocycles. The van der Waals surface area contributed by atoms with Gasteiger partial charge >= 0.3 is 0 Å². The van der Waals surface area contributed by atoms with Crippen molar-refractivity contribution in [3.63, 3.8) is 0 Å². The van der Waals surface area contributed by atoms with Gasteiger partial charge in [0.1, 0.15) is 11.5 Å². The van der Waals surface area contributed by atoms with Crippen LogP contribution in [-0.4, -0.2) is 19.7 Å². The van der Waals surface area contributed by atoms with Crippen LogP contribution < -0.4 is 0 Å². The molecule has 0 aliphatic rings. The van der Waals surface area contributed by atoms with Crippen molar-refractivity contribution in [2.75, 3.05) is 0 Å². The summed E-state index contributed by atoms with van der Waals surface area (Å²) in [6.45, 7) is 0. The molecule has 4 rings (SSSR count). The van der Waals surface area contributed by atoms with Crippen molar-refractivity contribution in [2.45, 2.75) is 6.42 Å². The number of nitrogens with zero attached hydrogens (tertiary/aromatic N) is 5. The Hall–Kier alpha value is -3.66. The number of fused-ring (bicyclic) bond motifs is 1. The molecule has 0 bridgehead atoms. The molecule has 7 heteroatoms. The molecule has 0 amide bonds. The van der Waals surface area contributed by atoms with Gasteiger partial charge in [0.05, 0.1) is 18.7 Å². The predicted octanol–water partition coefficient (Wildman–Crippen LogP) is 3.83. The molecule has 0 atom stereocenters. The largest absolute Gasteiger partial charge is 0.264 e. The van der Waals surface area contributed by atoms with Gasteiger partial charge in [0.25, 0.3) is 0 Å². The van der Waals surface area contributed by atoms with E-state index in [1.165, 1.54) is 16.8 Å². The van der Waals surface area contributed by atoms with Crippen molar-refractivity contribution >= 4 is 11.0 Å². The average molecular weight is 347 g/mol. The molecule has 4 aromatic rings. The Bertz CT molecular complexity index is 1160. The van der Waals surface area contributed by atoms with Gasteiger partial charge in [-0.25, -0.2) is 18.4 Å². The molecule has 0 N–H and O–H groups in total. The number of hydrogen-bond donors (Lipinski definition) is 0. The van der Waals surface area contributed by atoms with E-state index in [2.05, 4.69) is 21.1 Å². The number of aromatic nitrogens is 4. The van der Waals surface area contributed by atoms with E-state index in [9.17, 15) is 8.78 Å². The topological polar surface area (TPSA) is 67.4 Å². The third-order valence-corrected chi connectivity index (χ3v) is 4.08. The first-order valence-electron chi connectivity index (χ1n) is 7.77. The van der Waals surface area contributed by atoms with Gasteiger partial charge in [0.2, 0.25) is 0 Å². The first kappa shape index (κ1) is 15.8. The van der Waals surface area contributed by atoms with Crippen molar-refractivity contribution in [3.8, 4) is 22.9 Å². The maximum Gasteiger partial charge on any atom is 0.163 e. The fourth-order valence-electron chi connectivity index (χ4n) is 2.90. The van der Waals surface area contributed by atoms with Gasteiger partial charge in [0, 0.05) is 35.6 Å². The third kappa shape index (κ3) is 2.58. The Morgan fingerprint density at radius 3 is 2.73 bits per heavy atom. The van der Waals surface area contributed by atoms with E-state index in [-0.39, 0.29) is 12.1 Å². The van der Waals surface area contributed by atoms with Crippen LogP contribution in [0.3, 0.4) is 0 Å². The van der Waals surface area contributed by atoms with E-state index in [0.717, 1.165) is 22.8 Å². The molecule has 3 aromatic heterocycles. The van der Waals surface area contributed by atoms with Crippen LogP contribution in [0.15, 0.2) is 55.1 Å². The Kier molecular flexibility index (Phi) is 3.86. The highest BCUT2D eigenvalue weighted by Crippen LogP contribution is 2.31. The van der Waals surface area contributed by atoms with E-state index in [0.29, 0.717) is 11.0 Å². The van der Waals surface area contributed by atoms with Gasteiger partial charge in [-0.05, 0) is 35.4 Å². The fraction of sp³-hybridized carbons (Fsp3) is 0.0526. The van der Waals surface area contributed by atoms with Crippen molar-refractivity contribution < 1.29 is 8.78 Å². The van der Waals surface area contributed by atoms with E-state index in [1.54, 1.807) is 36.9 Å². The lowest BCUT2D eigenvalue weighted by Gasteiger charge is -2.08. The molecule has 0 saturated carbocycles. The van der Waals surface area contributed by atoms with Crippen molar-refractivity contribution in [1.29, 1.82) is 5.26 Å². The first-order valence-corrected chi connectivity index (χ1v) is 7.77. The minimum absolute atomic E-state index is 0.106. The third-order valence-electron chi connectivity index (χ3n) is 4.08. The minimum Gasteiger partial charge on any atom is -0.264 e. The standard InChI is InChI=1S/C19H11F2N5/c20-13-1-2-18(17(21)9-13)26-19-16(11-25-26)14(5-8-24-19)15-10-23-7-4-12(15)3-6-22/h1-2,4-5,7-11H,3H2. The lowest BCUT2D eigenvalue weighted by atomic mass is 9.99. The average Bonchev–Trinajstić information content (AvgIpc) is 3.07. The Morgan fingerprint density at radius 1 is 1.04 bits per heavy atom. The Morgan fingerprint density at radius 2 is 1.92 bits per heavy atom. The SMILES string of the molecule is N#CCc1ccncc1-c1ccnc2c1cnn2-c1ccc(F)cc1F. The number of pyridine rings is 2. The second kappa shape index (κ2) is 6.33. The quantitative estimate of drug-likeness (QED) is 0.565. The summed E-state index contributed by atoms with van der Waals surface area (Å²) in [6.07, 6.45) is 6.70. The van der Waals surface area contributed by atoms with Crippen LogP contribution in [0.25, 0.3) is 27.8 Å². The molecular weight excluding hydrogens is 336 g/mol. The van der Waals surface area contributed by atoms with Crippen molar-refractivity contribution in [3.05, 3.63) is 72.3 Å². The van der Waals surface area contributed by atoms with Gasteiger partial charge in [0.15, 0.2) is 11.5 Å². The van der Waals surface area contributed by atoms with Crippen LogP contribution in [-0.2, 0) is 6.42 Å². The second-order valence-corrected chi connectivity index (χ2v) is 5.62. The highest BCUT2D eigenvalue weighted by atomic mass is 19.1. The molecule has 5 nitrogen and oxygen atoms in total. The van der Waals surface area contributed by atoms with Crippen LogP contribution in [0, 0.1) is 23.0 Å². The zero-order valence-corrected chi connectivity index (χ0v) is 13.4. The number of benzene rings is 1. The predicted molar refractivity (Wildman–Crippen MR) is 91.3 cm³/mol. The highest BCUT2D eigenvalue weighted by molar-refractivity contribution is 5.93. The van der Waals surface area contributed by atoms with Gasteiger partial charge in [-0.1, -0.05) is 0 Å². The summed E-state index contributed by atoms with van der Waals surface area (Å²) < 4.78 is 28.7. The first-order chi connectivity index (χ1) is 12.7. The lowest BCUT2D eigenvalue weighted by molar-refractivity contribution is 0.574. The molecule has 26 heavy (non-hydrogen) atoms. The Balaban J connectivity index is 1.93. The normalized spacial score (nSPS) is 10.8. The lowest BCUT2D eigenvalue weighted by Crippen LogP contribution is -2.01. The zero-order chi connectivity index (χ0) is 18.1. The molecule has 0 spiro atoms. The summed E-state index contributed by atoms with van der Waals surface area (Å²) in [4.78, 5) is 8.44. The van der Waals surface area contributed by atoms with Gasteiger partial charge in [-0.3, -0.25) is 4.98 Å². The van der Waals surface area contributed by atoms with Crippen LogP contribution in [0.5, 0.6) is 0 Å². The van der Waals surface area contributed by atoms with Crippen LogP contribution in [0.1, 0.15) is 5.56 Å². The molecular formula is C19H11F2N5. The molecule has 126 valence electrons. The molecule has 3 heterocycles. The maximum absolute atomic E-state index is 14.2. The summed E-state index contributed by atoms with van der Waals surface area (Å²) in [5, 5.41) is 13.9. The van der Waals surface area contributed by atoms with Crippen LogP contribution in [0.2, 0.25) is 0 Å². The number of rotatable bonds is 3. The molecule has 0 unspecified atom stereocenters. The Labute approximate surface area is 147 Å². The molecule has 1 aromatic carbocycles. The fourth-order valence-corrected chi connectivity index (χ4v) is 2.90. The summed E-state index contributed by atoms with van der Waals surface area (Å²) >= 11 is 0. The maximum atomic E-state index is 14.2. The van der Waals surface area contributed by atoms with E-state index < -0.39 is 11.6 Å². The van der Waals surface area contributed by atoms with E-state index in [1.807, 2.05) is 0 Å². The number of nitriles is 1. The van der Waals surface area contributed by atoms with Gasteiger partial charge < -0.3 is 0 Å². The van der Waals surface area contributed by atoms with Gasteiger partial charge in [-0.15, -0.1) is 0 Å². The summed E-state index contributed by atoms with van der Waals surface area (Å²) in [6, 6.07) is 9.01. The molecule has 0 aliphatic heterocycles. The van der Waals surface area contributed by atoms with Crippen molar-refractivity contribution in [1.82, 2.24) is 19.7 Å². The van der Waals surface area contributed by atoms with Crippen LogP contribution in [0.4, 0.5) is 8.78 Å². The number of hydrogen-bond acceptors (Lipinski definition) is 4. The summed E-state index contributed by atoms with van der Waals surface area (Å²) in [7, 11) is 0. The van der Waals surface area contributed by atoms with Crippen molar-refractivity contribution in [2.24, 2.45) is 0 Å². The van der Waals surface area contributed by atoms with Gasteiger partial charge in [-0.2, -0.15) is 10.4 Å². The highest BCUT2D eigenvalue weighted by Gasteiger charge is 2.16.